The van der Waals surface area contributed by atoms with Gasteiger partial charge in [-0.05, 0) is 36.8 Å². The molecule has 0 aromatic heterocycles. The van der Waals surface area contributed by atoms with Crippen molar-refractivity contribution < 1.29 is 9.13 Å². The summed E-state index contributed by atoms with van der Waals surface area (Å²) in [4.78, 5) is 0. The monoisotopic (exact) mass is 250 g/mol. The van der Waals surface area contributed by atoms with E-state index in [-0.39, 0.29) is 12.4 Å². The first-order chi connectivity index (χ1) is 8.16. The Labute approximate surface area is 105 Å². The first kappa shape index (κ1) is 11.9. The summed E-state index contributed by atoms with van der Waals surface area (Å²) in [6, 6.07) is 12.1. The van der Waals surface area contributed by atoms with Crippen molar-refractivity contribution in [3.63, 3.8) is 0 Å². The van der Waals surface area contributed by atoms with E-state index in [4.69, 9.17) is 16.3 Å². The van der Waals surface area contributed by atoms with Crippen LogP contribution in [0.1, 0.15) is 11.1 Å². The highest BCUT2D eigenvalue weighted by molar-refractivity contribution is 6.30. The zero-order chi connectivity index (χ0) is 12.3. The van der Waals surface area contributed by atoms with E-state index >= 15 is 0 Å². The smallest absolute Gasteiger partial charge is 0.129 e. The molecule has 0 saturated carbocycles. The Morgan fingerprint density at radius 2 is 1.94 bits per heavy atom. The van der Waals surface area contributed by atoms with Gasteiger partial charge in [0.1, 0.15) is 18.2 Å². The van der Waals surface area contributed by atoms with Crippen LogP contribution in [-0.4, -0.2) is 0 Å². The Bertz CT molecular complexity index is 525. The van der Waals surface area contributed by atoms with Crippen molar-refractivity contribution in [3.05, 3.63) is 64.4 Å². The summed E-state index contributed by atoms with van der Waals surface area (Å²) < 4.78 is 19.0. The summed E-state index contributed by atoms with van der Waals surface area (Å²) in [6.45, 7) is 2.13. The lowest BCUT2D eigenvalue weighted by molar-refractivity contribution is 0.298. The predicted molar refractivity (Wildman–Crippen MR) is 66.9 cm³/mol. The van der Waals surface area contributed by atoms with Crippen molar-refractivity contribution in [2.24, 2.45) is 0 Å². The lowest BCUT2D eigenvalue weighted by Gasteiger charge is -2.09. The van der Waals surface area contributed by atoms with Gasteiger partial charge < -0.3 is 4.74 Å². The number of halogens is 2. The van der Waals surface area contributed by atoms with E-state index < -0.39 is 0 Å². The second-order valence-electron chi connectivity index (χ2n) is 3.79. The van der Waals surface area contributed by atoms with E-state index in [1.807, 2.05) is 31.2 Å². The largest absolute Gasteiger partial charge is 0.489 e. The zero-order valence-electron chi connectivity index (χ0n) is 9.41. The predicted octanol–water partition coefficient (Wildman–Crippen LogP) is 4.37. The highest BCUT2D eigenvalue weighted by Gasteiger charge is 2.05. The fourth-order valence-corrected chi connectivity index (χ4v) is 1.72. The Balaban J connectivity index is 2.12. The van der Waals surface area contributed by atoms with Gasteiger partial charge >= 0.3 is 0 Å². The molecule has 0 aliphatic carbocycles. The summed E-state index contributed by atoms with van der Waals surface area (Å²) in [5.74, 6) is 0.454. The fourth-order valence-electron chi connectivity index (χ4n) is 1.53. The van der Waals surface area contributed by atoms with Gasteiger partial charge in [0.2, 0.25) is 0 Å². The molecule has 1 nitrogen and oxygen atoms in total. The third-order valence-corrected chi connectivity index (χ3v) is 2.72. The number of hydrogen-bond donors (Lipinski definition) is 0. The molecular weight excluding hydrogens is 239 g/mol. The molecule has 17 heavy (non-hydrogen) atoms. The maximum absolute atomic E-state index is 13.4. The van der Waals surface area contributed by atoms with Crippen molar-refractivity contribution in [1.82, 2.24) is 0 Å². The molecule has 0 aliphatic heterocycles. The number of para-hydroxylation sites is 1. The van der Waals surface area contributed by atoms with Crippen LogP contribution >= 0.6 is 11.6 Å². The van der Waals surface area contributed by atoms with E-state index in [0.29, 0.717) is 10.6 Å². The minimum atomic E-state index is -0.303. The van der Waals surface area contributed by atoms with Crippen molar-refractivity contribution in [1.29, 1.82) is 0 Å². The maximum Gasteiger partial charge on any atom is 0.129 e. The second kappa shape index (κ2) is 5.19. The topological polar surface area (TPSA) is 9.23 Å². The summed E-state index contributed by atoms with van der Waals surface area (Å²) in [5, 5.41) is 0.509. The summed E-state index contributed by atoms with van der Waals surface area (Å²) in [6.07, 6.45) is 0. The molecule has 2 aromatic carbocycles. The molecule has 2 rings (SSSR count). The standard InChI is InChI=1S/C14H12ClFO/c1-10-4-2-3-5-14(10)17-9-11-8-12(15)6-7-13(11)16/h2-8H,9H2,1H3. The molecule has 0 bridgehead atoms. The van der Waals surface area contributed by atoms with E-state index in [0.717, 1.165) is 11.3 Å². The summed E-state index contributed by atoms with van der Waals surface area (Å²) >= 11 is 5.81. The second-order valence-corrected chi connectivity index (χ2v) is 4.23. The number of rotatable bonds is 3. The molecule has 0 atom stereocenters. The van der Waals surface area contributed by atoms with Crippen LogP contribution in [0.4, 0.5) is 4.39 Å². The van der Waals surface area contributed by atoms with Crippen LogP contribution in [0.3, 0.4) is 0 Å². The van der Waals surface area contributed by atoms with Gasteiger partial charge in [-0.25, -0.2) is 4.39 Å². The Morgan fingerprint density at radius 1 is 1.18 bits per heavy atom. The van der Waals surface area contributed by atoms with Crippen molar-refractivity contribution in [3.8, 4) is 5.75 Å². The van der Waals surface area contributed by atoms with Crippen LogP contribution in [0.15, 0.2) is 42.5 Å². The van der Waals surface area contributed by atoms with Crippen LogP contribution < -0.4 is 4.74 Å². The molecule has 88 valence electrons. The number of hydrogen-bond acceptors (Lipinski definition) is 1. The van der Waals surface area contributed by atoms with Crippen molar-refractivity contribution in [2.75, 3.05) is 0 Å². The number of benzene rings is 2. The normalized spacial score (nSPS) is 10.3. The summed E-state index contributed by atoms with van der Waals surface area (Å²) in [5.41, 5.74) is 1.48. The molecule has 0 radical (unpaired) electrons. The van der Waals surface area contributed by atoms with Crippen LogP contribution in [0.25, 0.3) is 0 Å². The first-order valence-corrected chi connectivity index (χ1v) is 5.67. The lowest BCUT2D eigenvalue weighted by Crippen LogP contribution is -1.99. The Kier molecular flexibility index (Phi) is 3.64. The molecule has 0 aliphatic rings. The minimum Gasteiger partial charge on any atom is -0.489 e. The lowest BCUT2D eigenvalue weighted by atomic mass is 10.2. The quantitative estimate of drug-likeness (QED) is 0.786. The van der Waals surface area contributed by atoms with Gasteiger partial charge in [-0.1, -0.05) is 29.8 Å². The molecule has 0 unspecified atom stereocenters. The van der Waals surface area contributed by atoms with Gasteiger partial charge in [-0.15, -0.1) is 0 Å². The minimum absolute atomic E-state index is 0.178. The third-order valence-electron chi connectivity index (χ3n) is 2.48. The highest BCUT2D eigenvalue weighted by Crippen LogP contribution is 2.20. The summed E-state index contributed by atoms with van der Waals surface area (Å²) in [7, 11) is 0. The van der Waals surface area contributed by atoms with Crippen LogP contribution in [0.5, 0.6) is 5.75 Å². The van der Waals surface area contributed by atoms with Crippen molar-refractivity contribution in [2.45, 2.75) is 13.5 Å². The Morgan fingerprint density at radius 3 is 2.71 bits per heavy atom. The van der Waals surface area contributed by atoms with E-state index in [9.17, 15) is 4.39 Å². The van der Waals surface area contributed by atoms with Gasteiger partial charge in [-0.3, -0.25) is 0 Å². The molecule has 3 heteroatoms. The highest BCUT2D eigenvalue weighted by atomic mass is 35.5. The van der Waals surface area contributed by atoms with Crippen LogP contribution in [0.2, 0.25) is 5.02 Å². The zero-order valence-corrected chi connectivity index (χ0v) is 10.2. The van der Waals surface area contributed by atoms with Gasteiger partial charge in [0.15, 0.2) is 0 Å². The molecule has 0 amide bonds. The Hall–Kier alpha value is -1.54. The molecule has 0 heterocycles. The average Bonchev–Trinajstić information content (AvgIpc) is 2.32. The third kappa shape index (κ3) is 2.98. The van der Waals surface area contributed by atoms with Gasteiger partial charge in [0.05, 0.1) is 0 Å². The van der Waals surface area contributed by atoms with Gasteiger partial charge in [-0.2, -0.15) is 0 Å². The fraction of sp³-hybridized carbons (Fsp3) is 0.143. The van der Waals surface area contributed by atoms with E-state index in [1.54, 1.807) is 6.07 Å². The molecule has 2 aromatic rings. The molecule has 0 N–H and O–H groups in total. The number of aryl methyl sites for hydroxylation is 1. The van der Waals surface area contributed by atoms with E-state index in [2.05, 4.69) is 0 Å². The first-order valence-electron chi connectivity index (χ1n) is 5.29. The average molecular weight is 251 g/mol. The van der Waals surface area contributed by atoms with E-state index in [1.165, 1.54) is 12.1 Å². The van der Waals surface area contributed by atoms with Gasteiger partial charge in [0, 0.05) is 10.6 Å². The molecule has 0 saturated heterocycles. The SMILES string of the molecule is Cc1ccccc1OCc1cc(Cl)ccc1F. The van der Waals surface area contributed by atoms with Crippen molar-refractivity contribution >= 4 is 11.6 Å². The van der Waals surface area contributed by atoms with Gasteiger partial charge in [0.25, 0.3) is 0 Å². The maximum atomic E-state index is 13.4. The number of ether oxygens (including phenoxy) is 1. The molecule has 0 fully saturated rings. The van der Waals surface area contributed by atoms with Crippen LogP contribution in [-0.2, 0) is 6.61 Å². The molecule has 0 spiro atoms. The molecular formula is C14H12ClFO. The van der Waals surface area contributed by atoms with Crippen LogP contribution in [0, 0.1) is 12.7 Å².